The molecule has 0 saturated heterocycles. The number of benzene rings is 1. The molecule has 1 N–H and O–H groups in total. The van der Waals surface area contributed by atoms with E-state index < -0.39 is 12.1 Å². The first-order valence-corrected chi connectivity index (χ1v) is 11.6. The minimum absolute atomic E-state index is 0.126. The maximum atomic E-state index is 12.9. The zero-order chi connectivity index (χ0) is 20.8. The van der Waals surface area contributed by atoms with E-state index in [0.29, 0.717) is 6.42 Å². The van der Waals surface area contributed by atoms with Crippen molar-refractivity contribution in [2.24, 2.45) is 0 Å². The lowest BCUT2D eigenvalue weighted by atomic mass is 9.97. The van der Waals surface area contributed by atoms with Crippen molar-refractivity contribution in [3.63, 3.8) is 0 Å². The monoisotopic (exact) mass is 389 g/mol. The Kier molecular flexibility index (Phi) is 13.1. The van der Waals surface area contributed by atoms with Crippen molar-refractivity contribution in [1.82, 2.24) is 4.90 Å². The Balaban J connectivity index is 2.57. The number of aryl methyl sites for hydroxylation is 1. The molecule has 0 aliphatic rings. The number of unbranched alkanes of at least 4 members (excludes halogenated alkanes) is 5. The van der Waals surface area contributed by atoms with Crippen molar-refractivity contribution in [2.75, 3.05) is 13.1 Å². The van der Waals surface area contributed by atoms with E-state index in [2.05, 4.69) is 49.9 Å². The third-order valence-electron chi connectivity index (χ3n) is 5.42. The number of Topliss-reactive ketones (excluding diaryl/α,β-unsaturated/α-hetero) is 1. The minimum atomic E-state index is -0.641. The SMILES string of the molecule is CCCCCCCCc1ccc(CC(=O)[C@H]([C@H](C)O)N(CCC)CCC)cc1. The van der Waals surface area contributed by atoms with Crippen molar-refractivity contribution in [1.29, 1.82) is 0 Å². The first-order chi connectivity index (χ1) is 13.5. The number of ketones is 1. The van der Waals surface area contributed by atoms with Crippen LogP contribution < -0.4 is 0 Å². The second kappa shape index (κ2) is 14.8. The molecule has 0 amide bonds. The van der Waals surface area contributed by atoms with E-state index >= 15 is 0 Å². The van der Waals surface area contributed by atoms with Crippen LogP contribution in [0.25, 0.3) is 0 Å². The maximum Gasteiger partial charge on any atom is 0.156 e. The van der Waals surface area contributed by atoms with Gasteiger partial charge in [0.25, 0.3) is 0 Å². The van der Waals surface area contributed by atoms with Crippen molar-refractivity contribution < 1.29 is 9.90 Å². The van der Waals surface area contributed by atoms with Crippen LogP contribution in [0.15, 0.2) is 24.3 Å². The Morgan fingerprint density at radius 1 is 0.857 bits per heavy atom. The fourth-order valence-corrected chi connectivity index (χ4v) is 3.98. The zero-order valence-electron chi connectivity index (χ0n) is 18.8. The number of hydrogen-bond donors (Lipinski definition) is 1. The number of rotatable bonds is 16. The minimum Gasteiger partial charge on any atom is -0.391 e. The van der Waals surface area contributed by atoms with E-state index in [4.69, 9.17) is 0 Å². The number of aliphatic hydroxyl groups is 1. The topological polar surface area (TPSA) is 40.5 Å². The van der Waals surface area contributed by atoms with Gasteiger partial charge in [0.2, 0.25) is 0 Å². The van der Waals surface area contributed by atoms with Gasteiger partial charge in [-0.15, -0.1) is 0 Å². The van der Waals surface area contributed by atoms with E-state index in [1.165, 1.54) is 44.1 Å². The van der Waals surface area contributed by atoms with Gasteiger partial charge >= 0.3 is 0 Å². The van der Waals surface area contributed by atoms with Gasteiger partial charge in [-0.1, -0.05) is 77.1 Å². The molecular weight excluding hydrogens is 346 g/mol. The van der Waals surface area contributed by atoms with E-state index in [0.717, 1.165) is 37.9 Å². The average Bonchev–Trinajstić information content (AvgIpc) is 2.66. The Labute approximate surface area is 173 Å². The highest BCUT2D eigenvalue weighted by molar-refractivity contribution is 5.86. The molecule has 3 heteroatoms. The molecule has 2 atom stereocenters. The van der Waals surface area contributed by atoms with Crippen LogP contribution in [-0.2, 0) is 17.6 Å². The quantitative estimate of drug-likeness (QED) is 0.376. The smallest absolute Gasteiger partial charge is 0.156 e. The van der Waals surface area contributed by atoms with Crippen molar-refractivity contribution in [3.05, 3.63) is 35.4 Å². The Morgan fingerprint density at radius 3 is 1.93 bits per heavy atom. The fourth-order valence-electron chi connectivity index (χ4n) is 3.98. The van der Waals surface area contributed by atoms with E-state index in [1.807, 2.05) is 0 Å². The van der Waals surface area contributed by atoms with Crippen molar-refractivity contribution in [2.45, 2.75) is 104 Å². The van der Waals surface area contributed by atoms with E-state index in [9.17, 15) is 9.90 Å². The number of nitrogens with zero attached hydrogens (tertiary/aromatic N) is 1. The van der Waals surface area contributed by atoms with Gasteiger partial charge < -0.3 is 5.11 Å². The summed E-state index contributed by atoms with van der Waals surface area (Å²) in [6, 6.07) is 8.12. The Bertz CT molecular complexity index is 518. The first-order valence-electron chi connectivity index (χ1n) is 11.6. The molecule has 0 saturated carbocycles. The molecule has 1 rings (SSSR count). The molecule has 0 radical (unpaired) electrons. The van der Waals surface area contributed by atoms with Crippen LogP contribution in [0, 0.1) is 0 Å². The standard InChI is InChI=1S/C25H43NO2/c1-5-8-9-10-11-12-13-22-14-16-23(17-15-22)20-24(28)25(21(4)27)26(18-6-2)19-7-3/h14-17,21,25,27H,5-13,18-20H2,1-4H3/t21-,25-/m0/s1. The molecule has 0 unspecified atom stereocenters. The predicted octanol–water partition coefficient (Wildman–Crippen LogP) is 5.57. The number of aliphatic hydroxyl groups excluding tert-OH is 1. The van der Waals surface area contributed by atoms with Crippen molar-refractivity contribution >= 4 is 5.78 Å². The van der Waals surface area contributed by atoms with Crippen LogP contribution in [0.5, 0.6) is 0 Å². The summed E-state index contributed by atoms with van der Waals surface area (Å²) in [5.74, 6) is 0.126. The summed E-state index contributed by atoms with van der Waals surface area (Å²) in [4.78, 5) is 15.1. The second-order valence-electron chi connectivity index (χ2n) is 8.20. The van der Waals surface area contributed by atoms with Crippen LogP contribution in [0.3, 0.4) is 0 Å². The molecule has 0 heterocycles. The number of hydrogen-bond acceptors (Lipinski definition) is 3. The highest BCUT2D eigenvalue weighted by Crippen LogP contribution is 2.15. The van der Waals surface area contributed by atoms with Crippen LogP contribution >= 0.6 is 0 Å². The van der Waals surface area contributed by atoms with Crippen LogP contribution in [-0.4, -0.2) is 41.0 Å². The highest BCUT2D eigenvalue weighted by Gasteiger charge is 2.29. The van der Waals surface area contributed by atoms with Crippen LogP contribution in [0.2, 0.25) is 0 Å². The van der Waals surface area contributed by atoms with E-state index in [1.54, 1.807) is 6.92 Å². The van der Waals surface area contributed by atoms with Gasteiger partial charge in [-0.25, -0.2) is 0 Å². The molecule has 1 aromatic rings. The highest BCUT2D eigenvalue weighted by atomic mass is 16.3. The molecular formula is C25H43NO2. The molecule has 3 nitrogen and oxygen atoms in total. The molecule has 0 aromatic heterocycles. The normalized spacial score (nSPS) is 13.6. The summed E-state index contributed by atoms with van der Waals surface area (Å²) in [7, 11) is 0. The summed E-state index contributed by atoms with van der Waals surface area (Å²) in [6.45, 7) is 9.94. The second-order valence-corrected chi connectivity index (χ2v) is 8.20. The van der Waals surface area contributed by atoms with E-state index in [-0.39, 0.29) is 5.78 Å². The van der Waals surface area contributed by atoms with Crippen LogP contribution in [0.1, 0.15) is 90.2 Å². The summed E-state index contributed by atoms with van der Waals surface area (Å²) in [5.41, 5.74) is 2.41. The summed E-state index contributed by atoms with van der Waals surface area (Å²) in [5, 5.41) is 10.2. The predicted molar refractivity (Wildman–Crippen MR) is 120 cm³/mol. The van der Waals surface area contributed by atoms with Crippen molar-refractivity contribution in [3.8, 4) is 0 Å². The van der Waals surface area contributed by atoms with Gasteiger partial charge in [0, 0.05) is 6.42 Å². The van der Waals surface area contributed by atoms with Gasteiger partial charge in [0.15, 0.2) is 5.78 Å². The lowest BCUT2D eigenvalue weighted by Crippen LogP contribution is -2.49. The molecule has 0 bridgehead atoms. The molecule has 1 aromatic carbocycles. The van der Waals surface area contributed by atoms with Gasteiger partial charge in [-0.05, 0) is 56.8 Å². The lowest BCUT2D eigenvalue weighted by molar-refractivity contribution is -0.127. The first kappa shape index (κ1) is 24.8. The molecule has 0 fully saturated rings. The van der Waals surface area contributed by atoms with Gasteiger partial charge in [0.1, 0.15) is 0 Å². The van der Waals surface area contributed by atoms with Gasteiger partial charge in [-0.2, -0.15) is 0 Å². The third-order valence-corrected chi connectivity index (χ3v) is 5.42. The van der Waals surface area contributed by atoms with Crippen LogP contribution in [0.4, 0.5) is 0 Å². The number of carbonyl (C=O) groups is 1. The zero-order valence-corrected chi connectivity index (χ0v) is 18.8. The number of carbonyl (C=O) groups excluding carboxylic acids is 1. The third kappa shape index (κ3) is 9.34. The molecule has 0 spiro atoms. The van der Waals surface area contributed by atoms with Gasteiger partial charge in [-0.3, -0.25) is 9.69 Å². The molecule has 0 aliphatic heterocycles. The largest absolute Gasteiger partial charge is 0.391 e. The average molecular weight is 390 g/mol. The maximum absolute atomic E-state index is 12.9. The Morgan fingerprint density at radius 2 is 1.39 bits per heavy atom. The summed E-state index contributed by atoms with van der Waals surface area (Å²) in [6.07, 6.45) is 10.8. The molecule has 28 heavy (non-hydrogen) atoms. The van der Waals surface area contributed by atoms with Gasteiger partial charge in [0.05, 0.1) is 12.1 Å². The molecule has 0 aliphatic carbocycles. The lowest BCUT2D eigenvalue weighted by Gasteiger charge is -2.32. The Hall–Kier alpha value is -1.19. The molecule has 160 valence electrons. The summed E-state index contributed by atoms with van der Waals surface area (Å²) >= 11 is 0. The summed E-state index contributed by atoms with van der Waals surface area (Å²) < 4.78 is 0. The fraction of sp³-hybridized carbons (Fsp3) is 0.720.